The third-order valence-electron chi connectivity index (χ3n) is 12.3. The molecule has 1 spiro atoms. The van der Waals surface area contributed by atoms with Crippen LogP contribution < -0.4 is 0 Å². The highest BCUT2D eigenvalue weighted by Gasteiger charge is 2.51. The van der Waals surface area contributed by atoms with Crippen LogP contribution in [0.2, 0.25) is 0 Å². The molecule has 52 heavy (non-hydrogen) atoms. The van der Waals surface area contributed by atoms with E-state index in [1.165, 1.54) is 105 Å². The molecule has 1 aromatic heterocycles. The van der Waals surface area contributed by atoms with Gasteiger partial charge in [0, 0.05) is 10.8 Å². The molecule has 1 heteroatoms. The van der Waals surface area contributed by atoms with Gasteiger partial charge in [0.2, 0.25) is 0 Å². The quantitative estimate of drug-likeness (QED) is 0.174. The molecule has 8 aromatic carbocycles. The lowest BCUT2D eigenvalue weighted by molar-refractivity contribution is 0.750. The van der Waals surface area contributed by atoms with Crippen molar-refractivity contribution in [3.63, 3.8) is 0 Å². The summed E-state index contributed by atoms with van der Waals surface area (Å²) in [7, 11) is 0. The Morgan fingerprint density at radius 2 is 1.00 bits per heavy atom. The molecule has 1 atom stereocenters. The molecule has 9 aromatic rings. The maximum atomic E-state index is 2.52. The lowest BCUT2D eigenvalue weighted by Gasteiger charge is -2.40. The second-order valence-electron chi connectivity index (χ2n) is 14.7. The Morgan fingerprint density at radius 3 is 1.90 bits per heavy atom. The van der Waals surface area contributed by atoms with Crippen molar-refractivity contribution in [3.05, 3.63) is 209 Å². The van der Waals surface area contributed by atoms with Crippen LogP contribution in [0, 0.1) is 0 Å². The fraction of sp³-hybridized carbons (Fsp3) is 0.0588. The molecule has 0 fully saturated rings. The Kier molecular flexibility index (Phi) is 5.61. The van der Waals surface area contributed by atoms with Crippen LogP contribution >= 0.6 is 0 Å². The highest BCUT2D eigenvalue weighted by atomic mass is 15.0. The van der Waals surface area contributed by atoms with Gasteiger partial charge in [-0.3, -0.25) is 0 Å². The van der Waals surface area contributed by atoms with E-state index < -0.39 is 5.41 Å². The fourth-order valence-corrected chi connectivity index (χ4v) is 10.2. The van der Waals surface area contributed by atoms with Gasteiger partial charge in [0.15, 0.2) is 0 Å². The van der Waals surface area contributed by atoms with E-state index in [1.54, 1.807) is 0 Å². The average Bonchev–Trinajstić information content (AvgIpc) is 3.72. The van der Waals surface area contributed by atoms with Gasteiger partial charge in [-0.05, 0) is 109 Å². The molecule has 1 aliphatic heterocycles. The molecule has 0 saturated carbocycles. The number of aromatic nitrogens is 1. The maximum Gasteiger partial charge on any atom is 0.0760 e. The number of nitrogens with zero attached hydrogens (tertiary/aromatic N) is 1. The lowest BCUT2D eigenvalue weighted by Crippen LogP contribution is -2.34. The van der Waals surface area contributed by atoms with Gasteiger partial charge in [0.1, 0.15) is 0 Å². The molecule has 0 saturated heterocycles. The van der Waals surface area contributed by atoms with Gasteiger partial charge in [0.25, 0.3) is 0 Å². The molecule has 3 aliphatic rings. The zero-order chi connectivity index (χ0) is 34.0. The first-order chi connectivity index (χ1) is 25.8. The zero-order valence-corrected chi connectivity index (χ0v) is 28.6. The molecule has 2 heterocycles. The normalized spacial score (nSPS) is 16.0. The topological polar surface area (TPSA) is 4.93 Å². The van der Waals surface area contributed by atoms with Crippen LogP contribution in [0.1, 0.15) is 33.4 Å². The van der Waals surface area contributed by atoms with Crippen molar-refractivity contribution in [2.45, 2.75) is 18.3 Å². The van der Waals surface area contributed by atoms with Crippen LogP contribution in [-0.2, 0) is 18.3 Å². The molecule has 0 N–H and O–H groups in total. The monoisotopic (exact) mass is 659 g/mol. The largest absolute Gasteiger partial charge is 0.309 e. The molecule has 12 rings (SSSR count). The SMILES string of the molecule is c1ccc2c(c1)CCc1ccc(-c3ccc(-c4cccc5c4C4(c6ccccc6-5)c5ccccc5-n5c6ccccc6c6cccc4c65)cc3)cc1-2. The first-order valence-electron chi connectivity index (χ1n) is 18.5. The number of aryl methyl sites for hydroxylation is 2. The van der Waals surface area contributed by atoms with E-state index in [9.17, 15) is 0 Å². The Balaban J connectivity index is 1.10. The van der Waals surface area contributed by atoms with E-state index in [0.717, 1.165) is 12.8 Å². The Morgan fingerprint density at radius 1 is 0.385 bits per heavy atom. The van der Waals surface area contributed by atoms with Crippen molar-refractivity contribution >= 4 is 21.8 Å². The number of benzene rings is 8. The van der Waals surface area contributed by atoms with Crippen LogP contribution in [0.4, 0.5) is 0 Å². The summed E-state index contributed by atoms with van der Waals surface area (Å²) in [5, 5.41) is 2.61. The Bertz CT molecular complexity index is 2960. The Hall–Kier alpha value is -6.44. The predicted octanol–water partition coefficient (Wildman–Crippen LogP) is 12.6. The molecular weight excluding hydrogens is 627 g/mol. The molecular formula is C51H33N. The van der Waals surface area contributed by atoms with E-state index in [-0.39, 0.29) is 0 Å². The van der Waals surface area contributed by atoms with E-state index >= 15 is 0 Å². The average molecular weight is 660 g/mol. The number of fused-ring (bicyclic) bond motifs is 15. The van der Waals surface area contributed by atoms with Crippen LogP contribution in [0.5, 0.6) is 0 Å². The smallest absolute Gasteiger partial charge is 0.0760 e. The van der Waals surface area contributed by atoms with Gasteiger partial charge < -0.3 is 4.57 Å². The van der Waals surface area contributed by atoms with Gasteiger partial charge in [0.05, 0.1) is 22.1 Å². The van der Waals surface area contributed by atoms with Crippen LogP contribution in [-0.4, -0.2) is 4.57 Å². The number of rotatable bonds is 2. The van der Waals surface area contributed by atoms with Crippen molar-refractivity contribution in [1.29, 1.82) is 0 Å². The van der Waals surface area contributed by atoms with E-state index in [0.29, 0.717) is 0 Å². The summed E-state index contributed by atoms with van der Waals surface area (Å²) in [6.07, 6.45) is 2.22. The number of hydrogen-bond acceptors (Lipinski definition) is 0. The summed E-state index contributed by atoms with van der Waals surface area (Å²) < 4.78 is 2.52. The van der Waals surface area contributed by atoms with Crippen molar-refractivity contribution < 1.29 is 0 Å². The maximum absolute atomic E-state index is 2.52. The second-order valence-corrected chi connectivity index (χ2v) is 14.7. The lowest BCUT2D eigenvalue weighted by atomic mass is 9.64. The highest BCUT2D eigenvalue weighted by Crippen LogP contribution is 2.62. The Labute approximate surface area is 303 Å². The standard InChI is InChI=1S/C51H33N/c1-2-12-37-33(11-1)27-28-35-29-30-36(31-43(35)37)32-23-25-34(26-24-32)38-15-9-16-41-39-13-3-5-18-44(39)51(49(38)41)45-19-6-8-22-48(45)52-47-21-7-4-14-40(47)42-17-10-20-46(51)50(42)52/h1-26,29-31H,27-28H2. The predicted molar refractivity (Wildman–Crippen MR) is 215 cm³/mol. The molecule has 1 nitrogen and oxygen atoms in total. The van der Waals surface area contributed by atoms with Crippen molar-refractivity contribution in [1.82, 2.24) is 4.57 Å². The summed E-state index contributed by atoms with van der Waals surface area (Å²) >= 11 is 0. The third kappa shape index (κ3) is 3.53. The number of hydrogen-bond donors (Lipinski definition) is 0. The van der Waals surface area contributed by atoms with Crippen molar-refractivity contribution in [3.8, 4) is 50.2 Å². The summed E-state index contributed by atoms with van der Waals surface area (Å²) in [4.78, 5) is 0. The molecule has 0 amide bonds. The van der Waals surface area contributed by atoms with Gasteiger partial charge >= 0.3 is 0 Å². The zero-order valence-electron chi connectivity index (χ0n) is 28.6. The first kappa shape index (κ1) is 28.3. The van der Waals surface area contributed by atoms with Crippen molar-refractivity contribution in [2.24, 2.45) is 0 Å². The molecule has 242 valence electrons. The van der Waals surface area contributed by atoms with Gasteiger partial charge in [-0.1, -0.05) is 158 Å². The summed E-state index contributed by atoms with van der Waals surface area (Å²) in [5.74, 6) is 0. The third-order valence-corrected chi connectivity index (χ3v) is 12.3. The first-order valence-corrected chi connectivity index (χ1v) is 18.5. The summed E-state index contributed by atoms with van der Waals surface area (Å²) in [6, 6.07) is 66.4. The van der Waals surface area contributed by atoms with E-state index in [1.807, 2.05) is 0 Å². The molecule has 0 bridgehead atoms. The molecule has 1 unspecified atom stereocenters. The number of para-hydroxylation sites is 3. The molecule has 2 aliphatic carbocycles. The minimum Gasteiger partial charge on any atom is -0.309 e. The highest BCUT2D eigenvalue weighted by molar-refractivity contribution is 6.13. The fourth-order valence-electron chi connectivity index (χ4n) is 10.2. The van der Waals surface area contributed by atoms with Crippen LogP contribution in [0.25, 0.3) is 72.0 Å². The van der Waals surface area contributed by atoms with Crippen molar-refractivity contribution in [2.75, 3.05) is 0 Å². The van der Waals surface area contributed by atoms with Gasteiger partial charge in [-0.15, -0.1) is 0 Å². The summed E-state index contributed by atoms with van der Waals surface area (Å²) in [6.45, 7) is 0. The minimum absolute atomic E-state index is 0.479. The molecule has 0 radical (unpaired) electrons. The van der Waals surface area contributed by atoms with Gasteiger partial charge in [-0.2, -0.15) is 0 Å². The summed E-state index contributed by atoms with van der Waals surface area (Å²) in [5.41, 5.74) is 22.1. The van der Waals surface area contributed by atoms with Crippen LogP contribution in [0.15, 0.2) is 176 Å². The second kappa shape index (κ2) is 10.3. The van der Waals surface area contributed by atoms with Crippen LogP contribution in [0.3, 0.4) is 0 Å². The minimum atomic E-state index is -0.479. The van der Waals surface area contributed by atoms with Gasteiger partial charge in [-0.25, -0.2) is 0 Å². The van der Waals surface area contributed by atoms with E-state index in [4.69, 9.17) is 0 Å². The van der Waals surface area contributed by atoms with E-state index in [2.05, 4.69) is 180 Å².